The molecule has 2 atom stereocenters. The van der Waals surface area contributed by atoms with Gasteiger partial charge in [-0.15, -0.1) is 0 Å². The topological polar surface area (TPSA) is 23.5 Å². The average Bonchev–Trinajstić information content (AvgIpc) is 2.47. The number of rotatable bonds is 5. The second-order valence-corrected chi connectivity index (χ2v) is 6.39. The van der Waals surface area contributed by atoms with Crippen LogP contribution in [0.25, 0.3) is 0 Å². The molecule has 1 saturated heterocycles. The SMILES string of the molecule is CCC1CCCCN1CCC(O)c1ccc(Cl)c(Cl)c1. The van der Waals surface area contributed by atoms with Gasteiger partial charge in [-0.1, -0.05) is 42.6 Å². The first kappa shape index (κ1) is 16.1. The van der Waals surface area contributed by atoms with Crippen LogP contribution in [0.3, 0.4) is 0 Å². The second kappa shape index (κ2) is 7.65. The first-order valence-electron chi connectivity index (χ1n) is 7.49. The molecule has 0 saturated carbocycles. The van der Waals surface area contributed by atoms with E-state index in [4.69, 9.17) is 23.2 Å². The Balaban J connectivity index is 1.90. The Kier molecular flexibility index (Phi) is 6.16. The highest BCUT2D eigenvalue weighted by Gasteiger charge is 2.21. The van der Waals surface area contributed by atoms with E-state index in [0.29, 0.717) is 16.1 Å². The highest BCUT2D eigenvalue weighted by molar-refractivity contribution is 6.42. The van der Waals surface area contributed by atoms with Crippen LogP contribution in [-0.4, -0.2) is 29.1 Å². The molecule has 1 fully saturated rings. The molecule has 1 aliphatic heterocycles. The van der Waals surface area contributed by atoms with Gasteiger partial charge in [-0.2, -0.15) is 0 Å². The number of likely N-dealkylation sites (tertiary alicyclic amines) is 1. The van der Waals surface area contributed by atoms with Crippen LogP contribution in [0.2, 0.25) is 10.0 Å². The smallest absolute Gasteiger partial charge is 0.0802 e. The standard InChI is InChI=1S/C16H23Cl2NO/c1-2-13-5-3-4-9-19(13)10-8-16(20)12-6-7-14(17)15(18)11-12/h6-7,11,13,16,20H,2-5,8-10H2,1H3. The van der Waals surface area contributed by atoms with Gasteiger partial charge in [0.25, 0.3) is 0 Å². The molecule has 4 heteroatoms. The minimum Gasteiger partial charge on any atom is -0.388 e. The fourth-order valence-corrected chi connectivity index (χ4v) is 3.30. The summed E-state index contributed by atoms with van der Waals surface area (Å²) in [7, 11) is 0. The summed E-state index contributed by atoms with van der Waals surface area (Å²) in [6.45, 7) is 4.35. The Morgan fingerprint density at radius 1 is 1.30 bits per heavy atom. The molecule has 0 bridgehead atoms. The van der Waals surface area contributed by atoms with Crippen molar-refractivity contribution in [3.05, 3.63) is 33.8 Å². The summed E-state index contributed by atoms with van der Waals surface area (Å²) >= 11 is 11.9. The zero-order valence-electron chi connectivity index (χ0n) is 12.0. The minimum atomic E-state index is -0.468. The molecule has 0 spiro atoms. The number of hydrogen-bond acceptors (Lipinski definition) is 2. The molecule has 0 aromatic heterocycles. The van der Waals surface area contributed by atoms with Crippen LogP contribution in [0.4, 0.5) is 0 Å². The maximum atomic E-state index is 10.3. The van der Waals surface area contributed by atoms with E-state index in [1.807, 2.05) is 6.07 Å². The number of piperidine rings is 1. The first-order valence-corrected chi connectivity index (χ1v) is 8.24. The lowest BCUT2D eigenvalue weighted by molar-refractivity contribution is 0.101. The number of nitrogens with zero attached hydrogens (tertiary/aromatic N) is 1. The molecular weight excluding hydrogens is 293 g/mol. The summed E-state index contributed by atoms with van der Waals surface area (Å²) in [6, 6.07) is 6.05. The summed E-state index contributed by atoms with van der Waals surface area (Å²) in [5, 5.41) is 11.3. The van der Waals surface area contributed by atoms with Gasteiger partial charge in [0.1, 0.15) is 0 Å². The van der Waals surface area contributed by atoms with Gasteiger partial charge in [-0.3, -0.25) is 0 Å². The van der Waals surface area contributed by atoms with Crippen molar-refractivity contribution in [2.24, 2.45) is 0 Å². The predicted octanol–water partition coefficient (Wildman–Crippen LogP) is 4.68. The van der Waals surface area contributed by atoms with Gasteiger partial charge >= 0.3 is 0 Å². The van der Waals surface area contributed by atoms with Gasteiger partial charge < -0.3 is 10.0 Å². The van der Waals surface area contributed by atoms with E-state index in [-0.39, 0.29) is 0 Å². The van der Waals surface area contributed by atoms with E-state index in [1.165, 1.54) is 25.7 Å². The normalized spacial score (nSPS) is 21.9. The van der Waals surface area contributed by atoms with Crippen molar-refractivity contribution < 1.29 is 5.11 Å². The first-order chi connectivity index (χ1) is 9.61. The van der Waals surface area contributed by atoms with Crippen molar-refractivity contribution in [3.63, 3.8) is 0 Å². The number of halogens is 2. The Bertz CT molecular complexity index is 438. The third kappa shape index (κ3) is 4.11. The highest BCUT2D eigenvalue weighted by atomic mass is 35.5. The third-order valence-corrected chi connectivity index (χ3v) is 4.98. The zero-order chi connectivity index (χ0) is 14.5. The largest absolute Gasteiger partial charge is 0.388 e. The Morgan fingerprint density at radius 2 is 2.10 bits per heavy atom. The molecular formula is C16H23Cl2NO. The molecule has 1 aromatic carbocycles. The quantitative estimate of drug-likeness (QED) is 0.852. The van der Waals surface area contributed by atoms with Crippen LogP contribution in [-0.2, 0) is 0 Å². The van der Waals surface area contributed by atoms with Gasteiger partial charge in [0.2, 0.25) is 0 Å². The van der Waals surface area contributed by atoms with Crippen LogP contribution in [0.15, 0.2) is 18.2 Å². The summed E-state index contributed by atoms with van der Waals surface area (Å²) in [5.41, 5.74) is 0.851. The molecule has 20 heavy (non-hydrogen) atoms. The van der Waals surface area contributed by atoms with Crippen LogP contribution in [0.1, 0.15) is 50.7 Å². The van der Waals surface area contributed by atoms with Crippen LogP contribution in [0, 0.1) is 0 Å². The van der Waals surface area contributed by atoms with Gasteiger partial charge in [0.05, 0.1) is 16.1 Å². The number of aliphatic hydroxyl groups is 1. The molecule has 1 aliphatic rings. The molecule has 112 valence electrons. The fourth-order valence-electron chi connectivity index (χ4n) is 2.99. The molecule has 2 nitrogen and oxygen atoms in total. The van der Waals surface area contributed by atoms with E-state index < -0.39 is 6.10 Å². The van der Waals surface area contributed by atoms with Gasteiger partial charge in [0, 0.05) is 12.6 Å². The second-order valence-electron chi connectivity index (χ2n) is 5.57. The zero-order valence-corrected chi connectivity index (χ0v) is 13.5. The number of hydrogen-bond donors (Lipinski definition) is 1. The third-order valence-electron chi connectivity index (χ3n) is 4.24. The lowest BCUT2D eigenvalue weighted by atomic mass is 9.99. The summed E-state index contributed by atoms with van der Waals surface area (Å²) in [5.74, 6) is 0. The summed E-state index contributed by atoms with van der Waals surface area (Å²) < 4.78 is 0. The predicted molar refractivity (Wildman–Crippen MR) is 85.5 cm³/mol. The fraction of sp³-hybridized carbons (Fsp3) is 0.625. The van der Waals surface area contributed by atoms with Crippen molar-refractivity contribution in [1.29, 1.82) is 0 Å². The minimum absolute atomic E-state index is 0.468. The van der Waals surface area contributed by atoms with Gasteiger partial charge in [0.15, 0.2) is 0 Å². The molecule has 0 amide bonds. The van der Waals surface area contributed by atoms with Gasteiger partial charge in [-0.05, 0) is 49.9 Å². The van der Waals surface area contributed by atoms with E-state index in [2.05, 4.69) is 11.8 Å². The lowest BCUT2D eigenvalue weighted by Crippen LogP contribution is -2.40. The molecule has 1 heterocycles. The van der Waals surface area contributed by atoms with E-state index in [9.17, 15) is 5.11 Å². The highest BCUT2D eigenvalue weighted by Crippen LogP contribution is 2.28. The lowest BCUT2D eigenvalue weighted by Gasteiger charge is -2.35. The van der Waals surface area contributed by atoms with Crippen molar-refractivity contribution in [3.8, 4) is 0 Å². The van der Waals surface area contributed by atoms with Crippen LogP contribution in [0.5, 0.6) is 0 Å². The van der Waals surface area contributed by atoms with Crippen molar-refractivity contribution in [2.45, 2.75) is 51.2 Å². The summed E-state index contributed by atoms with van der Waals surface area (Å²) in [6.07, 6.45) is 5.38. The van der Waals surface area contributed by atoms with Crippen molar-refractivity contribution in [1.82, 2.24) is 4.90 Å². The Morgan fingerprint density at radius 3 is 2.80 bits per heavy atom. The molecule has 0 aliphatic carbocycles. The number of benzene rings is 1. The van der Waals surface area contributed by atoms with E-state index in [0.717, 1.165) is 25.1 Å². The molecule has 1 aromatic rings. The maximum Gasteiger partial charge on any atom is 0.0802 e. The van der Waals surface area contributed by atoms with E-state index in [1.54, 1.807) is 12.1 Å². The monoisotopic (exact) mass is 315 g/mol. The Labute approximate surface area is 131 Å². The van der Waals surface area contributed by atoms with E-state index >= 15 is 0 Å². The average molecular weight is 316 g/mol. The molecule has 1 N–H and O–H groups in total. The molecule has 2 unspecified atom stereocenters. The van der Waals surface area contributed by atoms with Crippen molar-refractivity contribution in [2.75, 3.05) is 13.1 Å². The number of aliphatic hydroxyl groups excluding tert-OH is 1. The Hall–Kier alpha value is -0.280. The van der Waals surface area contributed by atoms with Crippen LogP contribution < -0.4 is 0 Å². The molecule has 2 rings (SSSR count). The van der Waals surface area contributed by atoms with Gasteiger partial charge in [-0.25, -0.2) is 0 Å². The summed E-state index contributed by atoms with van der Waals surface area (Å²) in [4.78, 5) is 2.52. The van der Waals surface area contributed by atoms with Crippen LogP contribution >= 0.6 is 23.2 Å². The maximum absolute atomic E-state index is 10.3. The molecule has 0 radical (unpaired) electrons. The van der Waals surface area contributed by atoms with Crippen molar-refractivity contribution >= 4 is 23.2 Å².